The van der Waals surface area contributed by atoms with Gasteiger partial charge in [0, 0.05) is 20.3 Å². The summed E-state index contributed by atoms with van der Waals surface area (Å²) < 4.78 is 22.3. The summed E-state index contributed by atoms with van der Waals surface area (Å²) in [6, 6.07) is 1.00. The second kappa shape index (κ2) is 7.48. The van der Waals surface area contributed by atoms with Gasteiger partial charge in [-0.05, 0) is 24.9 Å². The Morgan fingerprint density at radius 2 is 2.12 bits per heavy atom. The molecule has 0 saturated carbocycles. The lowest BCUT2D eigenvalue weighted by Crippen LogP contribution is -2.44. The van der Waals surface area contributed by atoms with E-state index in [9.17, 15) is 0 Å². The summed E-state index contributed by atoms with van der Waals surface area (Å²) >= 11 is 0. The Kier molecular flexibility index (Phi) is 6.65. The average Bonchev–Trinajstić information content (AvgIpc) is 3.10. The van der Waals surface area contributed by atoms with E-state index in [1.54, 1.807) is 7.11 Å². The Morgan fingerprint density at radius 1 is 1.41 bits per heavy atom. The maximum atomic E-state index is 5.92. The Bertz CT molecular complexity index is 209. The van der Waals surface area contributed by atoms with Crippen LogP contribution in [0.4, 0.5) is 0 Å². The van der Waals surface area contributed by atoms with E-state index in [1.807, 2.05) is 6.92 Å². The molecule has 1 saturated heterocycles. The number of rotatable bonds is 10. The lowest BCUT2D eigenvalue weighted by atomic mass is 10.5. The first kappa shape index (κ1) is 15.1. The summed E-state index contributed by atoms with van der Waals surface area (Å²) in [6.07, 6.45) is 1.36. The zero-order valence-electron chi connectivity index (χ0n) is 11.5. The quantitative estimate of drug-likeness (QED) is 0.344. The fourth-order valence-electron chi connectivity index (χ4n) is 1.97. The predicted octanol–water partition coefficient (Wildman–Crippen LogP) is 2.33. The third-order valence-electron chi connectivity index (χ3n) is 3.13. The normalized spacial score (nSPS) is 22.8. The largest absolute Gasteiger partial charge is 0.397 e. The predicted molar refractivity (Wildman–Crippen MR) is 69.5 cm³/mol. The molecule has 1 aliphatic heterocycles. The Hall–Kier alpha value is 0.0569. The molecule has 1 heterocycles. The number of hydrogen-bond donors (Lipinski definition) is 0. The van der Waals surface area contributed by atoms with Crippen LogP contribution in [-0.4, -0.2) is 48.2 Å². The van der Waals surface area contributed by atoms with Crippen molar-refractivity contribution < 1.29 is 18.3 Å². The SMILES string of the molecule is CCO[Si](CCCOCC1CO1)(OC)C(C)C. The van der Waals surface area contributed by atoms with Crippen LogP contribution in [0.25, 0.3) is 0 Å². The minimum Gasteiger partial charge on any atom is -0.397 e. The van der Waals surface area contributed by atoms with Crippen LogP contribution < -0.4 is 0 Å². The summed E-state index contributed by atoms with van der Waals surface area (Å²) in [4.78, 5) is 0. The second-order valence-corrected chi connectivity index (χ2v) is 8.71. The molecule has 0 N–H and O–H groups in total. The van der Waals surface area contributed by atoms with E-state index in [2.05, 4.69) is 13.8 Å². The number of hydrogen-bond acceptors (Lipinski definition) is 4. The van der Waals surface area contributed by atoms with Crippen LogP contribution >= 0.6 is 0 Å². The first-order valence-corrected chi connectivity index (χ1v) is 8.63. The standard InChI is InChI=1S/C12H26O4Si/c1-5-16-17(13-4,11(2)3)8-6-7-14-9-12-10-15-12/h11-12H,5-10H2,1-4H3. The fraction of sp³-hybridized carbons (Fsp3) is 1.00. The number of ether oxygens (including phenoxy) is 2. The highest BCUT2D eigenvalue weighted by molar-refractivity contribution is 6.68. The van der Waals surface area contributed by atoms with Crippen molar-refractivity contribution in [3.8, 4) is 0 Å². The Labute approximate surface area is 106 Å². The maximum absolute atomic E-state index is 5.92. The van der Waals surface area contributed by atoms with Gasteiger partial charge < -0.3 is 18.3 Å². The van der Waals surface area contributed by atoms with Crippen molar-refractivity contribution in [1.82, 2.24) is 0 Å². The van der Waals surface area contributed by atoms with Gasteiger partial charge in [-0.25, -0.2) is 0 Å². The zero-order valence-corrected chi connectivity index (χ0v) is 12.5. The highest BCUT2D eigenvalue weighted by Crippen LogP contribution is 2.28. The first-order valence-electron chi connectivity index (χ1n) is 6.53. The highest BCUT2D eigenvalue weighted by Gasteiger charge is 2.39. The summed E-state index contributed by atoms with van der Waals surface area (Å²) in [6.45, 7) is 9.50. The van der Waals surface area contributed by atoms with E-state index in [4.69, 9.17) is 18.3 Å². The van der Waals surface area contributed by atoms with Crippen LogP contribution in [0.15, 0.2) is 0 Å². The lowest BCUT2D eigenvalue weighted by Gasteiger charge is -2.32. The minimum atomic E-state index is -2.02. The van der Waals surface area contributed by atoms with Crippen molar-refractivity contribution in [2.45, 2.75) is 44.9 Å². The van der Waals surface area contributed by atoms with Gasteiger partial charge in [-0.3, -0.25) is 0 Å². The summed E-state index contributed by atoms with van der Waals surface area (Å²) in [5, 5.41) is 0. The van der Waals surface area contributed by atoms with Gasteiger partial charge in [0.2, 0.25) is 0 Å². The molecular weight excluding hydrogens is 236 g/mol. The molecule has 5 heteroatoms. The molecule has 1 aliphatic rings. The van der Waals surface area contributed by atoms with Crippen molar-refractivity contribution in [3.63, 3.8) is 0 Å². The topological polar surface area (TPSA) is 40.2 Å². The zero-order chi connectivity index (χ0) is 12.7. The van der Waals surface area contributed by atoms with E-state index < -0.39 is 8.56 Å². The van der Waals surface area contributed by atoms with E-state index in [0.29, 0.717) is 11.6 Å². The van der Waals surface area contributed by atoms with E-state index in [-0.39, 0.29) is 0 Å². The van der Waals surface area contributed by atoms with Crippen molar-refractivity contribution in [3.05, 3.63) is 0 Å². The van der Waals surface area contributed by atoms with Crippen LogP contribution in [0.3, 0.4) is 0 Å². The first-order chi connectivity index (χ1) is 8.14. The molecule has 102 valence electrons. The van der Waals surface area contributed by atoms with Gasteiger partial charge in [0.1, 0.15) is 6.10 Å². The van der Waals surface area contributed by atoms with Crippen molar-refractivity contribution in [1.29, 1.82) is 0 Å². The molecule has 0 spiro atoms. The molecule has 0 aromatic heterocycles. The molecular formula is C12H26O4Si. The molecule has 2 atom stereocenters. The van der Waals surface area contributed by atoms with Gasteiger partial charge >= 0.3 is 8.56 Å². The van der Waals surface area contributed by atoms with Gasteiger partial charge in [0.05, 0.1) is 13.2 Å². The third kappa shape index (κ3) is 5.05. The molecule has 2 unspecified atom stereocenters. The van der Waals surface area contributed by atoms with Gasteiger partial charge in [-0.15, -0.1) is 0 Å². The molecule has 0 aromatic rings. The smallest absolute Gasteiger partial charge is 0.340 e. The molecule has 0 amide bonds. The van der Waals surface area contributed by atoms with Crippen molar-refractivity contribution in [2.75, 3.05) is 33.5 Å². The van der Waals surface area contributed by atoms with Gasteiger partial charge in [-0.2, -0.15) is 0 Å². The molecule has 1 fully saturated rings. The van der Waals surface area contributed by atoms with E-state index in [0.717, 1.165) is 38.9 Å². The summed E-state index contributed by atoms with van der Waals surface area (Å²) in [5.74, 6) is 0. The molecule has 17 heavy (non-hydrogen) atoms. The van der Waals surface area contributed by atoms with Crippen molar-refractivity contribution >= 4 is 8.56 Å². The Balaban J connectivity index is 2.21. The molecule has 1 rings (SSSR count). The summed E-state index contributed by atoms with van der Waals surface area (Å²) in [7, 11) is -0.241. The minimum absolute atomic E-state index is 0.358. The lowest BCUT2D eigenvalue weighted by molar-refractivity contribution is 0.113. The van der Waals surface area contributed by atoms with Crippen LogP contribution in [0, 0.1) is 0 Å². The van der Waals surface area contributed by atoms with E-state index in [1.165, 1.54) is 0 Å². The van der Waals surface area contributed by atoms with Gasteiger partial charge in [-0.1, -0.05) is 13.8 Å². The highest BCUT2D eigenvalue weighted by atomic mass is 28.4. The Morgan fingerprint density at radius 3 is 2.59 bits per heavy atom. The maximum Gasteiger partial charge on any atom is 0.340 e. The van der Waals surface area contributed by atoms with E-state index >= 15 is 0 Å². The second-order valence-electron chi connectivity index (χ2n) is 4.74. The van der Waals surface area contributed by atoms with Crippen LogP contribution in [0.2, 0.25) is 11.6 Å². The molecule has 4 nitrogen and oxygen atoms in total. The molecule has 0 aromatic carbocycles. The number of epoxide rings is 1. The molecule has 0 bridgehead atoms. The van der Waals surface area contributed by atoms with Crippen LogP contribution in [-0.2, 0) is 18.3 Å². The van der Waals surface area contributed by atoms with Crippen LogP contribution in [0.1, 0.15) is 27.2 Å². The molecule has 0 radical (unpaired) electrons. The van der Waals surface area contributed by atoms with Crippen LogP contribution in [0.5, 0.6) is 0 Å². The monoisotopic (exact) mass is 262 g/mol. The third-order valence-corrected chi connectivity index (χ3v) is 7.41. The summed E-state index contributed by atoms with van der Waals surface area (Å²) in [5.41, 5.74) is 0.471. The average molecular weight is 262 g/mol. The van der Waals surface area contributed by atoms with Crippen molar-refractivity contribution in [2.24, 2.45) is 0 Å². The van der Waals surface area contributed by atoms with Gasteiger partial charge in [0.25, 0.3) is 0 Å². The van der Waals surface area contributed by atoms with Gasteiger partial charge in [0.15, 0.2) is 0 Å². The fourth-order valence-corrected chi connectivity index (χ4v) is 4.94. The molecule has 0 aliphatic carbocycles.